The van der Waals surface area contributed by atoms with Gasteiger partial charge in [0.2, 0.25) is 0 Å². The van der Waals surface area contributed by atoms with E-state index in [9.17, 15) is 9.18 Å². The third-order valence-electron chi connectivity index (χ3n) is 3.19. The quantitative estimate of drug-likeness (QED) is 0.842. The number of ether oxygens (including phenoxy) is 1. The Morgan fingerprint density at radius 3 is 2.70 bits per heavy atom. The van der Waals surface area contributed by atoms with Gasteiger partial charge in [-0.2, -0.15) is 0 Å². The van der Waals surface area contributed by atoms with Gasteiger partial charge in [-0.3, -0.25) is 4.79 Å². The maximum absolute atomic E-state index is 13.2. The molecular formula is C15H23FN2O2. The summed E-state index contributed by atoms with van der Waals surface area (Å²) in [6.07, 6.45) is 0.809. The van der Waals surface area contributed by atoms with Crippen LogP contribution in [-0.4, -0.2) is 18.1 Å². The van der Waals surface area contributed by atoms with Gasteiger partial charge >= 0.3 is 0 Å². The second kappa shape index (κ2) is 6.70. The topological polar surface area (TPSA) is 64.3 Å². The number of amides is 1. The molecule has 3 N–H and O–H groups in total. The Morgan fingerprint density at radius 2 is 2.15 bits per heavy atom. The summed E-state index contributed by atoms with van der Waals surface area (Å²) < 4.78 is 18.6. The number of carbonyl (C=O) groups is 1. The van der Waals surface area contributed by atoms with Crippen molar-refractivity contribution < 1.29 is 13.9 Å². The van der Waals surface area contributed by atoms with Crippen LogP contribution in [0.5, 0.6) is 5.75 Å². The first kappa shape index (κ1) is 16.4. The molecule has 0 fully saturated rings. The number of benzene rings is 1. The lowest BCUT2D eigenvalue weighted by Gasteiger charge is -2.24. The van der Waals surface area contributed by atoms with Gasteiger partial charge in [0.1, 0.15) is 11.6 Å². The predicted molar refractivity (Wildman–Crippen MR) is 77.0 cm³/mol. The molecule has 4 nitrogen and oxygen atoms in total. The minimum atomic E-state index is -0.418. The first-order chi connectivity index (χ1) is 9.25. The number of hydrogen-bond acceptors (Lipinski definition) is 3. The minimum Gasteiger partial charge on any atom is -0.483 e. The molecule has 0 saturated heterocycles. The van der Waals surface area contributed by atoms with Crippen LogP contribution in [-0.2, 0) is 4.79 Å². The Balaban J connectivity index is 2.70. The van der Waals surface area contributed by atoms with Crippen molar-refractivity contribution in [3.63, 3.8) is 0 Å². The van der Waals surface area contributed by atoms with Crippen LogP contribution < -0.4 is 15.8 Å². The van der Waals surface area contributed by atoms with Gasteiger partial charge in [0, 0.05) is 23.2 Å². The summed E-state index contributed by atoms with van der Waals surface area (Å²) in [6, 6.07) is 3.85. The highest BCUT2D eigenvalue weighted by molar-refractivity contribution is 5.78. The van der Waals surface area contributed by atoms with E-state index in [2.05, 4.69) is 5.32 Å². The zero-order valence-corrected chi connectivity index (χ0v) is 12.5. The molecule has 1 aromatic carbocycles. The molecule has 0 aliphatic rings. The van der Waals surface area contributed by atoms with Gasteiger partial charge in [0.05, 0.1) is 0 Å². The Bertz CT molecular complexity index is 473. The zero-order valence-electron chi connectivity index (χ0n) is 12.5. The van der Waals surface area contributed by atoms with Crippen molar-refractivity contribution in [2.45, 2.75) is 45.7 Å². The van der Waals surface area contributed by atoms with Crippen LogP contribution in [0.2, 0.25) is 0 Å². The van der Waals surface area contributed by atoms with Crippen LogP contribution >= 0.6 is 0 Å². The van der Waals surface area contributed by atoms with Gasteiger partial charge in [0.25, 0.3) is 5.91 Å². The lowest BCUT2D eigenvalue weighted by Crippen LogP contribution is -2.45. The summed E-state index contributed by atoms with van der Waals surface area (Å²) in [5.41, 5.74) is 6.18. The Morgan fingerprint density at radius 1 is 1.50 bits per heavy atom. The van der Waals surface area contributed by atoms with Crippen LogP contribution in [0.3, 0.4) is 0 Å². The number of hydrogen-bond donors (Lipinski definition) is 2. The Hall–Kier alpha value is -1.62. The van der Waals surface area contributed by atoms with Crippen molar-refractivity contribution in [3.05, 3.63) is 29.6 Å². The normalized spacial score (nSPS) is 12.9. The van der Waals surface area contributed by atoms with Crippen LogP contribution in [0, 0.1) is 5.82 Å². The van der Waals surface area contributed by atoms with E-state index in [4.69, 9.17) is 10.5 Å². The summed E-state index contributed by atoms with van der Waals surface area (Å²) in [7, 11) is 0. The SMILES string of the molecule is CCC(C)(C)NC(=O)COc1cc(F)ccc1[C@H](C)N. The molecule has 5 heteroatoms. The molecule has 1 atom stereocenters. The lowest BCUT2D eigenvalue weighted by atomic mass is 10.0. The largest absolute Gasteiger partial charge is 0.483 e. The summed E-state index contributed by atoms with van der Waals surface area (Å²) in [6.45, 7) is 7.47. The van der Waals surface area contributed by atoms with E-state index in [0.717, 1.165) is 6.42 Å². The van der Waals surface area contributed by atoms with Gasteiger partial charge in [-0.25, -0.2) is 4.39 Å². The van der Waals surface area contributed by atoms with Crippen molar-refractivity contribution in [1.82, 2.24) is 5.32 Å². The highest BCUT2D eigenvalue weighted by Gasteiger charge is 2.18. The molecule has 0 saturated carbocycles. The molecule has 0 aliphatic heterocycles. The molecule has 1 aromatic rings. The van der Waals surface area contributed by atoms with Crippen LogP contribution in [0.25, 0.3) is 0 Å². The second-order valence-corrected chi connectivity index (χ2v) is 5.55. The third kappa shape index (κ3) is 4.81. The molecule has 1 amide bonds. The first-order valence-electron chi connectivity index (χ1n) is 6.74. The van der Waals surface area contributed by atoms with Crippen molar-refractivity contribution in [1.29, 1.82) is 0 Å². The highest BCUT2D eigenvalue weighted by atomic mass is 19.1. The average molecular weight is 282 g/mol. The number of halogens is 1. The zero-order chi connectivity index (χ0) is 15.3. The van der Waals surface area contributed by atoms with E-state index >= 15 is 0 Å². The fraction of sp³-hybridized carbons (Fsp3) is 0.533. The molecule has 1 rings (SSSR count). The van der Waals surface area contributed by atoms with Gasteiger partial charge in [-0.05, 0) is 33.3 Å². The van der Waals surface area contributed by atoms with Gasteiger partial charge in [-0.15, -0.1) is 0 Å². The molecule has 0 radical (unpaired) electrons. The third-order valence-corrected chi connectivity index (χ3v) is 3.19. The fourth-order valence-corrected chi connectivity index (χ4v) is 1.65. The molecular weight excluding hydrogens is 259 g/mol. The summed E-state index contributed by atoms with van der Waals surface area (Å²) >= 11 is 0. The van der Waals surface area contributed by atoms with E-state index in [1.165, 1.54) is 12.1 Å². The number of carbonyl (C=O) groups excluding carboxylic acids is 1. The van der Waals surface area contributed by atoms with E-state index in [-0.39, 0.29) is 24.1 Å². The monoisotopic (exact) mass is 282 g/mol. The fourth-order valence-electron chi connectivity index (χ4n) is 1.65. The Kier molecular flexibility index (Phi) is 5.51. The number of nitrogens with one attached hydrogen (secondary N) is 1. The molecule has 0 aromatic heterocycles. The van der Waals surface area contributed by atoms with E-state index < -0.39 is 5.82 Å². The van der Waals surface area contributed by atoms with Gasteiger partial charge in [0.15, 0.2) is 6.61 Å². The second-order valence-electron chi connectivity index (χ2n) is 5.55. The number of rotatable bonds is 6. The van der Waals surface area contributed by atoms with Crippen LogP contribution in [0.4, 0.5) is 4.39 Å². The molecule has 112 valence electrons. The van der Waals surface area contributed by atoms with Crippen molar-refractivity contribution in [3.8, 4) is 5.75 Å². The van der Waals surface area contributed by atoms with Crippen LogP contribution in [0.15, 0.2) is 18.2 Å². The van der Waals surface area contributed by atoms with E-state index in [0.29, 0.717) is 11.3 Å². The minimum absolute atomic E-state index is 0.160. The number of nitrogens with two attached hydrogens (primary N) is 1. The average Bonchev–Trinajstić information content (AvgIpc) is 2.35. The lowest BCUT2D eigenvalue weighted by molar-refractivity contribution is -0.124. The van der Waals surface area contributed by atoms with Gasteiger partial charge in [-0.1, -0.05) is 13.0 Å². The molecule has 0 spiro atoms. The molecule has 0 heterocycles. The first-order valence-corrected chi connectivity index (χ1v) is 6.74. The van der Waals surface area contributed by atoms with Crippen molar-refractivity contribution >= 4 is 5.91 Å². The predicted octanol–water partition coefficient (Wildman–Crippen LogP) is 2.53. The van der Waals surface area contributed by atoms with Crippen molar-refractivity contribution in [2.24, 2.45) is 5.73 Å². The van der Waals surface area contributed by atoms with E-state index in [1.807, 2.05) is 20.8 Å². The smallest absolute Gasteiger partial charge is 0.258 e. The van der Waals surface area contributed by atoms with Crippen LogP contribution in [0.1, 0.15) is 45.7 Å². The standard InChI is InChI=1S/C15H23FN2O2/c1-5-15(3,4)18-14(19)9-20-13-8-11(16)6-7-12(13)10(2)17/h6-8,10H,5,9,17H2,1-4H3,(H,18,19)/t10-/m0/s1. The maximum atomic E-state index is 13.2. The molecule has 0 bridgehead atoms. The van der Waals surface area contributed by atoms with Gasteiger partial charge < -0.3 is 15.8 Å². The molecule has 20 heavy (non-hydrogen) atoms. The highest BCUT2D eigenvalue weighted by Crippen LogP contribution is 2.24. The summed E-state index contributed by atoms with van der Waals surface area (Å²) in [4.78, 5) is 11.8. The molecule has 0 aliphatic carbocycles. The summed E-state index contributed by atoms with van der Waals surface area (Å²) in [5.74, 6) is -0.347. The van der Waals surface area contributed by atoms with Crippen molar-refractivity contribution in [2.75, 3.05) is 6.61 Å². The maximum Gasteiger partial charge on any atom is 0.258 e. The Labute approximate surface area is 119 Å². The van der Waals surface area contributed by atoms with E-state index in [1.54, 1.807) is 13.0 Å². The summed E-state index contributed by atoms with van der Waals surface area (Å²) in [5, 5.41) is 2.85. The molecule has 0 unspecified atom stereocenters.